The Kier molecular flexibility index (Phi) is 4.68. The van der Waals surface area contributed by atoms with E-state index in [2.05, 4.69) is 43.4 Å². The van der Waals surface area contributed by atoms with Gasteiger partial charge in [0.15, 0.2) is 0 Å². The summed E-state index contributed by atoms with van der Waals surface area (Å²) in [6.45, 7) is 6.92. The van der Waals surface area contributed by atoms with Crippen molar-refractivity contribution >= 4 is 11.3 Å². The predicted molar refractivity (Wildman–Crippen MR) is 87.7 cm³/mol. The minimum Gasteiger partial charge on any atom is -0.381 e. The smallest absolute Gasteiger partial charge is 0.0990 e. The van der Waals surface area contributed by atoms with Gasteiger partial charge in [0.25, 0.3) is 0 Å². The molecule has 1 atom stereocenters. The summed E-state index contributed by atoms with van der Waals surface area (Å²) in [7, 11) is 0. The topological polar surface area (TPSA) is 34.1 Å². The third-order valence-corrected chi connectivity index (χ3v) is 4.93. The van der Waals surface area contributed by atoms with E-state index in [1.807, 2.05) is 17.4 Å². The van der Waals surface area contributed by atoms with Gasteiger partial charge >= 0.3 is 0 Å². The van der Waals surface area contributed by atoms with Gasteiger partial charge in [0.05, 0.1) is 17.3 Å². The predicted octanol–water partition coefficient (Wildman–Crippen LogP) is 3.81. The third kappa shape index (κ3) is 3.51. The van der Waals surface area contributed by atoms with Crippen molar-refractivity contribution in [2.24, 2.45) is 0 Å². The van der Waals surface area contributed by atoms with Crippen molar-refractivity contribution in [1.82, 2.24) is 10.3 Å². The molecule has 0 saturated carbocycles. The molecule has 1 aliphatic rings. The van der Waals surface area contributed by atoms with E-state index < -0.39 is 0 Å². The van der Waals surface area contributed by atoms with Gasteiger partial charge in [0.1, 0.15) is 0 Å². The summed E-state index contributed by atoms with van der Waals surface area (Å²) in [6.07, 6.45) is 1.10. The molecule has 21 heavy (non-hydrogen) atoms. The summed E-state index contributed by atoms with van der Waals surface area (Å²) in [5.41, 5.74) is 2.34. The second kappa shape index (κ2) is 6.69. The first kappa shape index (κ1) is 14.7. The van der Waals surface area contributed by atoms with Gasteiger partial charge in [-0.2, -0.15) is 0 Å². The molecule has 0 bridgehead atoms. The molecule has 1 aliphatic heterocycles. The summed E-state index contributed by atoms with van der Waals surface area (Å²) >= 11 is 1.84. The summed E-state index contributed by atoms with van der Waals surface area (Å²) in [4.78, 5) is 6.27. The molecule has 2 aromatic rings. The number of hydrogen-bond donors (Lipinski definition) is 1. The SMILES string of the molecule is CC(C)NCc1sc(C2CCOC2)nc1-c1ccccc1. The molecule has 0 aliphatic carbocycles. The molecular weight excluding hydrogens is 280 g/mol. The Morgan fingerprint density at radius 2 is 2.14 bits per heavy atom. The van der Waals surface area contributed by atoms with Gasteiger partial charge in [-0.3, -0.25) is 0 Å². The minimum atomic E-state index is 0.477. The monoisotopic (exact) mass is 302 g/mol. The number of nitrogens with one attached hydrogen (secondary N) is 1. The fourth-order valence-corrected chi connectivity index (χ4v) is 3.67. The van der Waals surface area contributed by atoms with Crippen LogP contribution in [0.2, 0.25) is 0 Å². The molecule has 1 N–H and O–H groups in total. The van der Waals surface area contributed by atoms with Crippen LogP contribution < -0.4 is 5.32 Å². The zero-order chi connectivity index (χ0) is 14.7. The minimum absolute atomic E-state index is 0.477. The van der Waals surface area contributed by atoms with Crippen LogP contribution in [0.15, 0.2) is 30.3 Å². The van der Waals surface area contributed by atoms with Gasteiger partial charge in [0.2, 0.25) is 0 Å². The van der Waals surface area contributed by atoms with Crippen LogP contribution in [-0.4, -0.2) is 24.2 Å². The van der Waals surface area contributed by atoms with Gasteiger partial charge in [-0.1, -0.05) is 44.2 Å². The van der Waals surface area contributed by atoms with E-state index in [4.69, 9.17) is 9.72 Å². The van der Waals surface area contributed by atoms with E-state index >= 15 is 0 Å². The fraction of sp³-hybridized carbons (Fsp3) is 0.471. The lowest BCUT2D eigenvalue weighted by Crippen LogP contribution is -2.21. The van der Waals surface area contributed by atoms with Crippen molar-refractivity contribution in [2.45, 2.75) is 38.8 Å². The fourth-order valence-electron chi connectivity index (χ4n) is 2.51. The highest BCUT2D eigenvalue weighted by atomic mass is 32.1. The van der Waals surface area contributed by atoms with Gasteiger partial charge < -0.3 is 10.1 Å². The highest BCUT2D eigenvalue weighted by molar-refractivity contribution is 7.12. The van der Waals surface area contributed by atoms with Crippen molar-refractivity contribution in [3.8, 4) is 11.3 Å². The molecule has 3 nitrogen and oxygen atoms in total. The van der Waals surface area contributed by atoms with Gasteiger partial charge in [-0.15, -0.1) is 11.3 Å². The molecule has 1 aromatic carbocycles. The Balaban J connectivity index is 1.91. The number of benzene rings is 1. The number of hydrogen-bond acceptors (Lipinski definition) is 4. The second-order valence-electron chi connectivity index (χ2n) is 5.79. The number of thiazole rings is 1. The molecule has 2 heterocycles. The molecule has 1 fully saturated rings. The summed E-state index contributed by atoms with van der Waals surface area (Å²) in [5.74, 6) is 0.477. The molecule has 3 rings (SSSR count). The normalized spacial score (nSPS) is 18.5. The average molecular weight is 302 g/mol. The zero-order valence-electron chi connectivity index (χ0n) is 12.6. The Hall–Kier alpha value is -1.23. The van der Waals surface area contributed by atoms with Gasteiger partial charge in [-0.25, -0.2) is 4.98 Å². The third-order valence-electron chi connectivity index (χ3n) is 3.71. The lowest BCUT2D eigenvalue weighted by Gasteiger charge is -2.07. The van der Waals surface area contributed by atoms with E-state index in [1.54, 1.807) is 0 Å². The van der Waals surface area contributed by atoms with E-state index in [0.717, 1.165) is 31.9 Å². The van der Waals surface area contributed by atoms with E-state index in [-0.39, 0.29) is 0 Å². The molecule has 0 amide bonds. The number of aromatic nitrogens is 1. The zero-order valence-corrected chi connectivity index (χ0v) is 13.5. The largest absolute Gasteiger partial charge is 0.381 e. The van der Waals surface area contributed by atoms with Crippen LogP contribution in [0, 0.1) is 0 Å². The van der Waals surface area contributed by atoms with Crippen molar-refractivity contribution in [2.75, 3.05) is 13.2 Å². The van der Waals surface area contributed by atoms with Crippen molar-refractivity contribution in [3.05, 3.63) is 40.2 Å². The van der Waals surface area contributed by atoms with Crippen molar-refractivity contribution in [1.29, 1.82) is 0 Å². The molecule has 1 unspecified atom stereocenters. The Labute approximate surface area is 130 Å². The van der Waals surface area contributed by atoms with Crippen LogP contribution in [0.4, 0.5) is 0 Å². The number of nitrogens with zero attached hydrogens (tertiary/aromatic N) is 1. The number of rotatable bonds is 5. The van der Waals surface area contributed by atoms with E-state index in [0.29, 0.717) is 12.0 Å². The average Bonchev–Trinajstić information content (AvgIpc) is 3.15. The van der Waals surface area contributed by atoms with Crippen LogP contribution in [0.3, 0.4) is 0 Å². The molecule has 0 spiro atoms. The molecule has 112 valence electrons. The van der Waals surface area contributed by atoms with Gasteiger partial charge in [0, 0.05) is 35.6 Å². The summed E-state index contributed by atoms with van der Waals surface area (Å²) < 4.78 is 5.52. The Morgan fingerprint density at radius 1 is 1.33 bits per heavy atom. The van der Waals surface area contributed by atoms with Crippen molar-refractivity contribution < 1.29 is 4.74 Å². The van der Waals surface area contributed by atoms with E-state index in [1.165, 1.54) is 15.4 Å². The van der Waals surface area contributed by atoms with Crippen LogP contribution in [0.1, 0.15) is 36.1 Å². The molecule has 1 aromatic heterocycles. The number of ether oxygens (including phenoxy) is 1. The highest BCUT2D eigenvalue weighted by Gasteiger charge is 2.23. The quantitative estimate of drug-likeness (QED) is 0.912. The van der Waals surface area contributed by atoms with Crippen LogP contribution in [-0.2, 0) is 11.3 Å². The van der Waals surface area contributed by atoms with E-state index in [9.17, 15) is 0 Å². The maximum atomic E-state index is 5.52. The van der Waals surface area contributed by atoms with Gasteiger partial charge in [-0.05, 0) is 6.42 Å². The Bertz CT molecular complexity index is 574. The molecule has 0 radical (unpaired) electrons. The molecule has 1 saturated heterocycles. The standard InChI is InChI=1S/C17H22N2OS/c1-12(2)18-10-15-16(13-6-4-3-5-7-13)19-17(21-15)14-8-9-20-11-14/h3-7,12,14,18H,8-11H2,1-2H3. The summed E-state index contributed by atoms with van der Waals surface area (Å²) in [6, 6.07) is 11.0. The Morgan fingerprint density at radius 3 is 2.81 bits per heavy atom. The first-order valence-electron chi connectivity index (χ1n) is 7.60. The molecule has 4 heteroatoms. The maximum Gasteiger partial charge on any atom is 0.0990 e. The lowest BCUT2D eigenvalue weighted by molar-refractivity contribution is 0.194. The first-order valence-corrected chi connectivity index (χ1v) is 8.42. The maximum absolute atomic E-state index is 5.52. The molecular formula is C17H22N2OS. The van der Waals surface area contributed by atoms with Crippen LogP contribution >= 0.6 is 11.3 Å². The van der Waals surface area contributed by atoms with Crippen LogP contribution in [0.25, 0.3) is 11.3 Å². The first-order chi connectivity index (χ1) is 10.2. The second-order valence-corrected chi connectivity index (χ2v) is 6.90. The van der Waals surface area contributed by atoms with Crippen LogP contribution in [0.5, 0.6) is 0 Å². The highest BCUT2D eigenvalue weighted by Crippen LogP contribution is 2.35. The summed E-state index contributed by atoms with van der Waals surface area (Å²) in [5, 5.41) is 4.74. The lowest BCUT2D eigenvalue weighted by atomic mass is 10.1. The van der Waals surface area contributed by atoms with Crippen molar-refractivity contribution in [3.63, 3.8) is 0 Å².